The van der Waals surface area contributed by atoms with E-state index in [1.807, 2.05) is 11.9 Å². The van der Waals surface area contributed by atoms with Gasteiger partial charge in [-0.1, -0.05) is 24.3 Å². The molecule has 1 aromatic carbocycles. The van der Waals surface area contributed by atoms with E-state index in [0.717, 1.165) is 51.6 Å². The Morgan fingerprint density at radius 1 is 1.14 bits per heavy atom. The summed E-state index contributed by atoms with van der Waals surface area (Å²) in [7, 11) is 1.88. The SMILES string of the molecule is CN(C(=O)c1coc2c1C(=O)CCC2)C1CCCN(C2Cc3ccccc3C2)C1. The highest BCUT2D eigenvalue weighted by Crippen LogP contribution is 2.30. The van der Waals surface area contributed by atoms with E-state index in [1.54, 1.807) is 0 Å². The van der Waals surface area contributed by atoms with Crippen molar-refractivity contribution in [3.8, 4) is 0 Å². The zero-order chi connectivity index (χ0) is 20.0. The predicted octanol–water partition coefficient (Wildman–Crippen LogP) is 3.50. The number of carbonyl (C=O) groups excluding carboxylic acids is 2. The van der Waals surface area contributed by atoms with Gasteiger partial charge in [0.15, 0.2) is 5.78 Å². The van der Waals surface area contributed by atoms with Crippen LogP contribution >= 0.6 is 0 Å². The predicted molar refractivity (Wildman–Crippen MR) is 110 cm³/mol. The van der Waals surface area contributed by atoms with Crippen molar-refractivity contribution in [2.75, 3.05) is 20.1 Å². The van der Waals surface area contributed by atoms with Crippen LogP contribution < -0.4 is 0 Å². The molecular formula is C24H28N2O3. The summed E-state index contributed by atoms with van der Waals surface area (Å²) in [6, 6.07) is 9.43. The first-order valence-corrected chi connectivity index (χ1v) is 10.8. The number of amides is 1. The number of carbonyl (C=O) groups is 2. The number of benzene rings is 1. The Balaban J connectivity index is 1.29. The molecule has 1 aliphatic heterocycles. The molecule has 5 rings (SSSR count). The molecule has 5 nitrogen and oxygen atoms in total. The number of aryl methyl sites for hydroxylation is 1. The summed E-state index contributed by atoms with van der Waals surface area (Å²) >= 11 is 0. The van der Waals surface area contributed by atoms with Gasteiger partial charge in [0.05, 0.1) is 11.1 Å². The zero-order valence-electron chi connectivity index (χ0n) is 17.0. The molecule has 2 aromatic rings. The molecule has 2 aliphatic carbocycles. The molecule has 0 spiro atoms. The molecule has 1 saturated heterocycles. The third kappa shape index (κ3) is 3.31. The lowest BCUT2D eigenvalue weighted by Gasteiger charge is -2.40. The van der Waals surface area contributed by atoms with Crippen LogP contribution in [0, 0.1) is 0 Å². The maximum absolute atomic E-state index is 13.2. The standard InChI is InChI=1S/C24H28N2O3/c1-25(24(28)20-15-29-22-10-4-9-21(27)23(20)22)18-8-5-11-26(14-18)19-12-16-6-2-3-7-17(16)13-19/h2-3,6-7,15,18-19H,4-5,8-14H2,1H3. The molecule has 2 heterocycles. The third-order valence-electron chi connectivity index (χ3n) is 7.03. The second-order valence-electron chi connectivity index (χ2n) is 8.76. The van der Waals surface area contributed by atoms with Crippen molar-refractivity contribution in [2.24, 2.45) is 0 Å². The molecule has 0 bridgehead atoms. The number of furan rings is 1. The summed E-state index contributed by atoms with van der Waals surface area (Å²) in [5, 5.41) is 0. The molecule has 1 fully saturated rings. The normalized spacial score (nSPS) is 22.4. The quantitative estimate of drug-likeness (QED) is 0.802. The summed E-state index contributed by atoms with van der Waals surface area (Å²) in [6.45, 7) is 1.99. The number of Topliss-reactive ketones (excluding diaryl/α,β-unsaturated/α-hetero) is 1. The molecule has 0 N–H and O–H groups in total. The lowest BCUT2D eigenvalue weighted by molar-refractivity contribution is 0.0552. The summed E-state index contributed by atoms with van der Waals surface area (Å²) in [4.78, 5) is 30.0. The molecule has 152 valence electrons. The van der Waals surface area contributed by atoms with Crippen LogP contribution in [0.3, 0.4) is 0 Å². The fourth-order valence-corrected chi connectivity index (χ4v) is 5.36. The Bertz CT molecular complexity index is 922. The Kier molecular flexibility index (Phi) is 4.78. The summed E-state index contributed by atoms with van der Waals surface area (Å²) in [6.07, 6.45) is 7.87. The number of likely N-dealkylation sites (N-methyl/N-ethyl adjacent to an activating group) is 1. The van der Waals surface area contributed by atoms with E-state index in [-0.39, 0.29) is 17.7 Å². The number of rotatable bonds is 3. The maximum Gasteiger partial charge on any atom is 0.257 e. The average Bonchev–Trinajstić information content (AvgIpc) is 3.38. The van der Waals surface area contributed by atoms with Gasteiger partial charge in [0.25, 0.3) is 5.91 Å². The van der Waals surface area contributed by atoms with Gasteiger partial charge in [-0.3, -0.25) is 14.5 Å². The first-order chi connectivity index (χ1) is 14.1. The first-order valence-electron chi connectivity index (χ1n) is 10.8. The third-order valence-corrected chi connectivity index (χ3v) is 7.03. The second kappa shape index (κ2) is 7.45. The molecular weight excluding hydrogens is 364 g/mol. The van der Waals surface area contributed by atoms with Gasteiger partial charge in [-0.05, 0) is 49.8 Å². The zero-order valence-corrected chi connectivity index (χ0v) is 17.0. The lowest BCUT2D eigenvalue weighted by atomic mass is 9.93. The molecule has 0 radical (unpaired) electrons. The minimum Gasteiger partial charge on any atom is -0.468 e. The van der Waals surface area contributed by atoms with Crippen LogP contribution in [0.2, 0.25) is 0 Å². The summed E-state index contributed by atoms with van der Waals surface area (Å²) in [5.74, 6) is 0.657. The van der Waals surface area contributed by atoms with E-state index >= 15 is 0 Å². The molecule has 1 aromatic heterocycles. The Morgan fingerprint density at radius 3 is 2.66 bits per heavy atom. The summed E-state index contributed by atoms with van der Waals surface area (Å²) in [5.41, 5.74) is 3.92. The highest BCUT2D eigenvalue weighted by Gasteiger charge is 2.35. The van der Waals surface area contributed by atoms with Crippen molar-refractivity contribution in [2.45, 2.75) is 57.0 Å². The number of nitrogens with zero attached hydrogens (tertiary/aromatic N) is 2. The fraction of sp³-hybridized carbons (Fsp3) is 0.500. The van der Waals surface area contributed by atoms with Gasteiger partial charge in [0.2, 0.25) is 0 Å². The Hall–Kier alpha value is -2.40. The second-order valence-corrected chi connectivity index (χ2v) is 8.76. The van der Waals surface area contributed by atoms with Crippen molar-refractivity contribution >= 4 is 11.7 Å². The van der Waals surface area contributed by atoms with Crippen LogP contribution in [0.5, 0.6) is 0 Å². The monoisotopic (exact) mass is 392 g/mol. The van der Waals surface area contributed by atoms with Gasteiger partial charge in [0, 0.05) is 38.5 Å². The van der Waals surface area contributed by atoms with Crippen LogP contribution in [0.4, 0.5) is 0 Å². The number of hydrogen-bond donors (Lipinski definition) is 0. The van der Waals surface area contributed by atoms with Crippen molar-refractivity contribution in [1.29, 1.82) is 0 Å². The topological polar surface area (TPSA) is 53.8 Å². The number of fused-ring (bicyclic) bond motifs is 2. The van der Waals surface area contributed by atoms with Crippen LogP contribution in [0.25, 0.3) is 0 Å². The van der Waals surface area contributed by atoms with E-state index in [9.17, 15) is 9.59 Å². The van der Waals surface area contributed by atoms with Crippen molar-refractivity contribution in [3.63, 3.8) is 0 Å². The Morgan fingerprint density at radius 2 is 1.90 bits per heavy atom. The van der Waals surface area contributed by atoms with Gasteiger partial charge in [-0.2, -0.15) is 0 Å². The fourth-order valence-electron chi connectivity index (χ4n) is 5.36. The van der Waals surface area contributed by atoms with E-state index in [2.05, 4.69) is 29.2 Å². The summed E-state index contributed by atoms with van der Waals surface area (Å²) < 4.78 is 5.58. The minimum absolute atomic E-state index is 0.0470. The smallest absolute Gasteiger partial charge is 0.257 e. The molecule has 5 heteroatoms. The van der Waals surface area contributed by atoms with Gasteiger partial charge >= 0.3 is 0 Å². The van der Waals surface area contributed by atoms with E-state index in [4.69, 9.17) is 4.42 Å². The minimum atomic E-state index is -0.0770. The van der Waals surface area contributed by atoms with Crippen molar-refractivity contribution in [1.82, 2.24) is 9.80 Å². The van der Waals surface area contributed by atoms with Gasteiger partial charge < -0.3 is 9.32 Å². The van der Waals surface area contributed by atoms with Crippen LogP contribution in [0.15, 0.2) is 34.9 Å². The van der Waals surface area contributed by atoms with Crippen LogP contribution in [-0.2, 0) is 19.3 Å². The van der Waals surface area contributed by atoms with E-state index in [1.165, 1.54) is 17.4 Å². The average molecular weight is 392 g/mol. The number of ketones is 1. The van der Waals surface area contributed by atoms with Gasteiger partial charge in [-0.15, -0.1) is 0 Å². The number of hydrogen-bond acceptors (Lipinski definition) is 4. The number of piperidine rings is 1. The highest BCUT2D eigenvalue weighted by molar-refractivity contribution is 6.09. The number of likely N-dealkylation sites (tertiary alicyclic amines) is 1. The van der Waals surface area contributed by atoms with Gasteiger partial charge in [0.1, 0.15) is 12.0 Å². The lowest BCUT2D eigenvalue weighted by Crippen LogP contribution is -2.51. The maximum atomic E-state index is 13.2. The molecule has 29 heavy (non-hydrogen) atoms. The van der Waals surface area contributed by atoms with Gasteiger partial charge in [-0.25, -0.2) is 0 Å². The van der Waals surface area contributed by atoms with E-state index < -0.39 is 0 Å². The van der Waals surface area contributed by atoms with Crippen molar-refractivity contribution < 1.29 is 14.0 Å². The van der Waals surface area contributed by atoms with Crippen LogP contribution in [-0.4, -0.2) is 53.7 Å². The molecule has 1 amide bonds. The largest absolute Gasteiger partial charge is 0.468 e. The first kappa shape index (κ1) is 18.6. The molecule has 1 unspecified atom stereocenters. The molecule has 1 atom stereocenters. The Labute approximate surface area is 171 Å². The van der Waals surface area contributed by atoms with Crippen molar-refractivity contribution in [3.05, 3.63) is 58.5 Å². The molecule has 3 aliphatic rings. The van der Waals surface area contributed by atoms with Crippen LogP contribution in [0.1, 0.15) is 63.3 Å². The van der Waals surface area contributed by atoms with E-state index in [0.29, 0.717) is 29.3 Å². The molecule has 0 saturated carbocycles. The highest BCUT2D eigenvalue weighted by atomic mass is 16.3.